The molecule has 0 saturated carbocycles. The molecule has 4 unspecified atom stereocenters. The Kier molecular flexibility index (Phi) is 13.7. The molecule has 26 heavy (non-hydrogen) atoms. The van der Waals surface area contributed by atoms with Gasteiger partial charge in [-0.25, -0.2) is 4.18 Å². The maximum Gasteiger partial charge on any atom is 0.399 e. The number of hydrogen-bond donors (Lipinski definition) is 1. The maximum absolute atomic E-state index is 10.3. The lowest BCUT2D eigenvalue weighted by atomic mass is 9.86. The summed E-state index contributed by atoms with van der Waals surface area (Å²) < 4.78 is 48.8. The van der Waals surface area contributed by atoms with E-state index in [2.05, 4.69) is 38.8 Å². The molecule has 0 aromatic rings. The molecule has 7 nitrogen and oxygen atoms in total. The van der Waals surface area contributed by atoms with Crippen molar-refractivity contribution >= 4 is 10.4 Å². The smallest absolute Gasteiger partial charge is 0.378 e. The van der Waals surface area contributed by atoms with Crippen molar-refractivity contribution in [3.05, 3.63) is 0 Å². The van der Waals surface area contributed by atoms with Gasteiger partial charge in [-0.05, 0) is 49.9 Å². The quantitative estimate of drug-likeness (QED) is 0.239. The van der Waals surface area contributed by atoms with Crippen molar-refractivity contribution in [2.45, 2.75) is 66.9 Å². The zero-order chi connectivity index (χ0) is 20.2. The van der Waals surface area contributed by atoms with Crippen molar-refractivity contribution in [2.24, 2.45) is 23.7 Å². The highest BCUT2D eigenvalue weighted by Crippen LogP contribution is 2.24. The van der Waals surface area contributed by atoms with E-state index < -0.39 is 17.2 Å². The lowest BCUT2D eigenvalue weighted by molar-refractivity contribution is -0.134. The Morgan fingerprint density at radius 1 is 0.769 bits per heavy atom. The molecular weight excluding hydrogens is 360 g/mol. The van der Waals surface area contributed by atoms with Crippen LogP contribution in [0.15, 0.2) is 0 Å². The summed E-state index contributed by atoms with van der Waals surface area (Å²) in [4.78, 5) is 0. The van der Waals surface area contributed by atoms with Crippen molar-refractivity contribution in [1.29, 1.82) is 0 Å². The highest BCUT2D eigenvalue weighted by molar-refractivity contribution is 7.80. The second kappa shape index (κ2) is 13.8. The summed E-state index contributed by atoms with van der Waals surface area (Å²) in [5, 5.41) is 0. The minimum atomic E-state index is -4.48. The molecular formula is C18H38O7S. The van der Waals surface area contributed by atoms with Crippen LogP contribution in [0.4, 0.5) is 0 Å². The Bertz CT molecular complexity index is 439. The summed E-state index contributed by atoms with van der Waals surface area (Å²) in [7, 11) is -4.48. The van der Waals surface area contributed by atoms with Crippen LogP contribution in [0.2, 0.25) is 0 Å². The summed E-state index contributed by atoms with van der Waals surface area (Å²) in [5.74, 6) is 2.69. The first kappa shape index (κ1) is 25.8. The van der Waals surface area contributed by atoms with Crippen molar-refractivity contribution < 1.29 is 31.4 Å². The number of ether oxygens (including phenoxy) is 3. The van der Waals surface area contributed by atoms with Gasteiger partial charge in [-0.2, -0.15) is 8.42 Å². The molecule has 0 aromatic carbocycles. The van der Waals surface area contributed by atoms with Crippen molar-refractivity contribution in [2.75, 3.05) is 26.8 Å². The van der Waals surface area contributed by atoms with E-state index >= 15 is 0 Å². The van der Waals surface area contributed by atoms with E-state index in [9.17, 15) is 8.42 Å². The van der Waals surface area contributed by atoms with E-state index in [0.717, 1.165) is 18.3 Å². The number of rotatable bonds is 16. The first-order chi connectivity index (χ1) is 12.0. The van der Waals surface area contributed by atoms with Crippen LogP contribution in [0.5, 0.6) is 0 Å². The van der Waals surface area contributed by atoms with Crippen LogP contribution in [0.1, 0.15) is 60.8 Å². The van der Waals surface area contributed by atoms with Crippen LogP contribution < -0.4 is 0 Å². The molecule has 0 amide bonds. The van der Waals surface area contributed by atoms with Crippen LogP contribution in [-0.4, -0.2) is 45.9 Å². The van der Waals surface area contributed by atoms with E-state index in [0.29, 0.717) is 25.0 Å². The Balaban J connectivity index is 3.71. The highest BCUT2D eigenvalue weighted by Gasteiger charge is 2.14. The van der Waals surface area contributed by atoms with Gasteiger partial charge in [0.25, 0.3) is 0 Å². The van der Waals surface area contributed by atoms with Gasteiger partial charge in [0.2, 0.25) is 0 Å². The van der Waals surface area contributed by atoms with E-state index in [4.69, 9.17) is 18.8 Å². The molecule has 0 saturated heterocycles. The molecule has 0 spiro atoms. The fourth-order valence-corrected chi connectivity index (χ4v) is 3.41. The highest BCUT2D eigenvalue weighted by atomic mass is 32.3. The van der Waals surface area contributed by atoms with Gasteiger partial charge >= 0.3 is 10.4 Å². The van der Waals surface area contributed by atoms with E-state index in [1.807, 2.05) is 6.92 Å². The molecule has 158 valence electrons. The Hall–Kier alpha value is -0.250. The molecule has 0 aliphatic heterocycles. The molecule has 8 heteroatoms. The second-order valence-electron chi connectivity index (χ2n) is 7.92. The summed E-state index contributed by atoms with van der Waals surface area (Å²) in [6, 6.07) is 0. The van der Waals surface area contributed by atoms with Gasteiger partial charge < -0.3 is 14.2 Å². The summed E-state index contributed by atoms with van der Waals surface area (Å²) >= 11 is 0. The molecule has 0 bridgehead atoms. The van der Waals surface area contributed by atoms with Gasteiger partial charge in [0.1, 0.15) is 6.79 Å². The average Bonchev–Trinajstić information content (AvgIpc) is 2.44. The lowest BCUT2D eigenvalue weighted by Crippen LogP contribution is -2.21. The van der Waals surface area contributed by atoms with Crippen molar-refractivity contribution in [3.8, 4) is 0 Å². The monoisotopic (exact) mass is 398 g/mol. The maximum atomic E-state index is 10.3. The van der Waals surface area contributed by atoms with Gasteiger partial charge in [-0.15, -0.1) is 0 Å². The predicted octanol–water partition coefficient (Wildman–Crippen LogP) is 3.89. The second-order valence-corrected chi connectivity index (χ2v) is 9.01. The van der Waals surface area contributed by atoms with E-state index in [1.165, 1.54) is 12.8 Å². The molecule has 0 aromatic heterocycles. The van der Waals surface area contributed by atoms with Crippen LogP contribution in [0.25, 0.3) is 0 Å². The van der Waals surface area contributed by atoms with Gasteiger partial charge in [0.05, 0.1) is 12.7 Å². The molecule has 1 N–H and O–H groups in total. The number of hydrogen-bond acceptors (Lipinski definition) is 6. The molecule has 0 radical (unpaired) electrons. The third-order valence-corrected chi connectivity index (χ3v) is 4.35. The van der Waals surface area contributed by atoms with Crippen LogP contribution >= 0.6 is 0 Å². The Morgan fingerprint density at radius 3 is 1.92 bits per heavy atom. The zero-order valence-electron chi connectivity index (χ0n) is 17.1. The SMILES string of the molecule is CC(C)CC(C)CC(C)CC(C)COCC(C)OCOCOS(=O)(=O)O. The lowest BCUT2D eigenvalue weighted by Gasteiger charge is -2.22. The van der Waals surface area contributed by atoms with Crippen LogP contribution in [-0.2, 0) is 28.8 Å². The van der Waals surface area contributed by atoms with Gasteiger partial charge in [0.15, 0.2) is 6.79 Å². The Labute approximate surface area is 159 Å². The molecule has 0 aliphatic carbocycles. The summed E-state index contributed by atoms with van der Waals surface area (Å²) in [6.07, 6.45) is 3.50. The average molecular weight is 399 g/mol. The van der Waals surface area contributed by atoms with Gasteiger partial charge in [-0.3, -0.25) is 4.55 Å². The fourth-order valence-electron chi connectivity index (χ4n) is 3.22. The molecule has 0 fully saturated rings. The minimum Gasteiger partial charge on any atom is -0.378 e. The first-order valence-electron chi connectivity index (χ1n) is 9.38. The summed E-state index contributed by atoms with van der Waals surface area (Å²) in [6.45, 7) is 13.6. The van der Waals surface area contributed by atoms with E-state index in [-0.39, 0.29) is 12.9 Å². The topological polar surface area (TPSA) is 91.3 Å². The Morgan fingerprint density at radius 2 is 1.35 bits per heavy atom. The van der Waals surface area contributed by atoms with Gasteiger partial charge in [-0.1, -0.05) is 34.6 Å². The largest absolute Gasteiger partial charge is 0.399 e. The predicted molar refractivity (Wildman–Crippen MR) is 101 cm³/mol. The van der Waals surface area contributed by atoms with E-state index in [1.54, 1.807) is 0 Å². The van der Waals surface area contributed by atoms with Crippen LogP contribution in [0, 0.1) is 23.7 Å². The van der Waals surface area contributed by atoms with Crippen molar-refractivity contribution in [1.82, 2.24) is 0 Å². The van der Waals surface area contributed by atoms with Gasteiger partial charge in [0, 0.05) is 6.61 Å². The third kappa shape index (κ3) is 17.2. The van der Waals surface area contributed by atoms with Crippen molar-refractivity contribution in [3.63, 3.8) is 0 Å². The molecule has 4 atom stereocenters. The zero-order valence-corrected chi connectivity index (χ0v) is 18.0. The standard InChI is InChI=1S/C18H38O7S/c1-14(2)7-15(3)8-16(4)9-17(5)10-22-11-18(6)24-12-23-13-25-26(19,20)21/h14-18H,7-13H2,1-6H3,(H,19,20,21). The summed E-state index contributed by atoms with van der Waals surface area (Å²) in [5.41, 5.74) is 0. The normalized spacial score (nSPS) is 17.2. The minimum absolute atomic E-state index is 0.139. The first-order valence-corrected chi connectivity index (χ1v) is 10.7. The molecule has 0 rings (SSSR count). The van der Waals surface area contributed by atoms with Crippen LogP contribution in [0.3, 0.4) is 0 Å². The molecule has 0 aliphatic rings. The fraction of sp³-hybridized carbons (Fsp3) is 1.00. The molecule has 0 heterocycles. The third-order valence-electron chi connectivity index (χ3n) is 3.95.